The SMILES string of the molecule is C#CC.C#CC.C#CC(C#N)N1CCCN(C(C#N)C#N)C1.C#CCCN1CCCN(CCC#N)C1.N#CCN1CCCNC1.N#CCN1CNCC(F)C1. The van der Waals surface area contributed by atoms with Gasteiger partial charge in [0.15, 0.2) is 12.1 Å². The van der Waals surface area contributed by atoms with Gasteiger partial charge < -0.3 is 10.6 Å². The summed E-state index contributed by atoms with van der Waals surface area (Å²) in [5.74, 6) is 9.55. The number of terminal acetylenes is 4. The highest BCUT2D eigenvalue weighted by Gasteiger charge is 2.27. The molecule has 14 nitrogen and oxygen atoms in total. The van der Waals surface area contributed by atoms with Crippen LogP contribution in [0, 0.1) is 117 Å². The van der Waals surface area contributed by atoms with Crippen molar-refractivity contribution in [2.75, 3.05) is 105 Å². The summed E-state index contributed by atoms with van der Waals surface area (Å²) < 4.78 is 12.5. The summed E-state index contributed by atoms with van der Waals surface area (Å²) in [6.45, 7) is 15.6. The lowest BCUT2D eigenvalue weighted by molar-refractivity contribution is 0.0778. The van der Waals surface area contributed by atoms with Crippen molar-refractivity contribution in [2.24, 2.45) is 0 Å². The summed E-state index contributed by atoms with van der Waals surface area (Å²) in [5.41, 5.74) is 0. The molecule has 55 heavy (non-hydrogen) atoms. The first-order valence-electron chi connectivity index (χ1n) is 18.1. The Morgan fingerprint density at radius 1 is 0.636 bits per heavy atom. The molecule has 2 N–H and O–H groups in total. The maximum Gasteiger partial charge on any atom is 0.187 e. The molecule has 4 rings (SSSR count). The summed E-state index contributed by atoms with van der Waals surface area (Å²) in [4.78, 5) is 12.1. The number of nitrogens with zero attached hydrogens (tertiary/aromatic N) is 12. The predicted octanol–water partition coefficient (Wildman–Crippen LogP) is 1.53. The lowest BCUT2D eigenvalue weighted by Gasteiger charge is -2.36. The molecule has 0 aromatic rings. The molecule has 15 heteroatoms. The van der Waals surface area contributed by atoms with Crippen LogP contribution in [0.25, 0.3) is 0 Å². The summed E-state index contributed by atoms with van der Waals surface area (Å²) in [6, 6.07) is 10.8. The van der Waals surface area contributed by atoms with Crippen molar-refractivity contribution in [3.05, 3.63) is 0 Å². The maximum atomic E-state index is 12.5. The fraction of sp³-hybridized carbons (Fsp3) is 0.650. The first-order chi connectivity index (χ1) is 26.7. The highest BCUT2D eigenvalue weighted by molar-refractivity contribution is 5.14. The van der Waals surface area contributed by atoms with Gasteiger partial charge in [0.05, 0.1) is 62.8 Å². The molecule has 0 aromatic heterocycles. The molecule has 0 saturated carbocycles. The molecule has 0 aliphatic carbocycles. The number of alkyl halides is 1. The van der Waals surface area contributed by atoms with Crippen LogP contribution < -0.4 is 10.6 Å². The second-order valence-electron chi connectivity index (χ2n) is 12.3. The van der Waals surface area contributed by atoms with E-state index in [0.717, 1.165) is 72.0 Å². The standard InChI is InChI=1S/C11H11N5.C11H17N3.C6H10FN3.C6H11N3.2C3H4/c1-2-10(6-12)15-4-3-5-16(9-15)11(7-13)8-14;1-2-3-7-13-9-5-10-14(11-13)8-4-6-12;7-6-3-9-5-10(4-6)2-1-8;7-2-5-9-4-1-3-8-6-9;2*1-3-2/h1,10-11H,3-5,9H2;1H,3-5,7-11H2;6,9H,2-5H2;8H,1,3-6H2;2*1H,2H3. The minimum absolute atomic E-state index is 0.313. The maximum absolute atomic E-state index is 12.5. The fourth-order valence-corrected chi connectivity index (χ4v) is 5.42. The monoisotopic (exact) mass is 752 g/mol. The Bertz CT molecular complexity index is 1340. The van der Waals surface area contributed by atoms with Crippen molar-refractivity contribution < 1.29 is 4.39 Å². The molecular formula is C40H57FN14. The van der Waals surface area contributed by atoms with E-state index in [9.17, 15) is 4.39 Å². The van der Waals surface area contributed by atoms with Crippen molar-refractivity contribution in [3.8, 4) is 85.8 Å². The highest BCUT2D eigenvalue weighted by Crippen LogP contribution is 2.12. The van der Waals surface area contributed by atoms with Crippen molar-refractivity contribution in [2.45, 2.75) is 64.2 Å². The highest BCUT2D eigenvalue weighted by atomic mass is 19.1. The third-order valence-corrected chi connectivity index (χ3v) is 7.88. The Morgan fingerprint density at radius 3 is 1.62 bits per heavy atom. The van der Waals surface area contributed by atoms with E-state index in [4.69, 9.17) is 44.4 Å². The third kappa shape index (κ3) is 27.1. The van der Waals surface area contributed by atoms with Gasteiger partial charge in [0.25, 0.3) is 0 Å². The molecule has 0 bridgehead atoms. The van der Waals surface area contributed by atoms with Crippen LogP contribution >= 0.6 is 0 Å². The van der Waals surface area contributed by atoms with Gasteiger partial charge in [-0.2, -0.15) is 31.6 Å². The average Bonchev–Trinajstić information content (AvgIpc) is 3.20. The average molecular weight is 753 g/mol. The van der Waals surface area contributed by atoms with Crippen molar-refractivity contribution in [1.82, 2.24) is 40.0 Å². The molecule has 0 aromatic carbocycles. The van der Waals surface area contributed by atoms with E-state index < -0.39 is 18.3 Å². The number of nitrogens with one attached hydrogen (secondary N) is 2. The van der Waals surface area contributed by atoms with Gasteiger partial charge in [0.2, 0.25) is 0 Å². The summed E-state index contributed by atoms with van der Waals surface area (Å²) >= 11 is 0. The number of rotatable bonds is 8. The molecule has 0 radical (unpaired) electrons. The van der Waals surface area contributed by atoms with Gasteiger partial charge >= 0.3 is 0 Å². The van der Waals surface area contributed by atoms with E-state index in [0.29, 0.717) is 52.5 Å². The lowest BCUT2D eigenvalue weighted by atomic mass is 10.2. The zero-order chi connectivity index (χ0) is 41.5. The summed E-state index contributed by atoms with van der Waals surface area (Å²) in [5, 5.41) is 57.5. The smallest absolute Gasteiger partial charge is 0.187 e. The van der Waals surface area contributed by atoms with E-state index in [1.807, 2.05) is 24.3 Å². The van der Waals surface area contributed by atoms with Crippen LogP contribution in [0.1, 0.15) is 46.0 Å². The van der Waals surface area contributed by atoms with Crippen LogP contribution in [0.5, 0.6) is 0 Å². The molecule has 294 valence electrons. The quantitative estimate of drug-likeness (QED) is 0.269. The van der Waals surface area contributed by atoms with E-state index >= 15 is 0 Å². The third-order valence-electron chi connectivity index (χ3n) is 7.88. The van der Waals surface area contributed by atoms with Crippen LogP contribution in [0.2, 0.25) is 0 Å². The second-order valence-corrected chi connectivity index (χ2v) is 12.3. The first-order valence-corrected chi connectivity index (χ1v) is 18.1. The van der Waals surface area contributed by atoms with Crippen LogP contribution in [-0.2, 0) is 0 Å². The van der Waals surface area contributed by atoms with Gasteiger partial charge in [-0.05, 0) is 39.7 Å². The Labute approximate surface area is 330 Å². The first kappa shape index (κ1) is 51.9. The molecule has 2 atom stereocenters. The Balaban J connectivity index is 0. The van der Waals surface area contributed by atoms with Crippen LogP contribution in [0.3, 0.4) is 0 Å². The normalized spacial score (nSPS) is 19.1. The van der Waals surface area contributed by atoms with Gasteiger partial charge in [0.1, 0.15) is 6.17 Å². The molecule has 4 heterocycles. The van der Waals surface area contributed by atoms with Gasteiger partial charge in [-0.15, -0.1) is 43.5 Å². The van der Waals surface area contributed by atoms with Crippen LogP contribution in [-0.4, -0.2) is 153 Å². The zero-order valence-electron chi connectivity index (χ0n) is 32.6. The van der Waals surface area contributed by atoms with Gasteiger partial charge in [-0.25, -0.2) is 4.39 Å². The van der Waals surface area contributed by atoms with E-state index in [1.165, 1.54) is 12.8 Å². The van der Waals surface area contributed by atoms with Gasteiger partial charge in [-0.3, -0.25) is 29.4 Å². The minimum Gasteiger partial charge on any atom is -0.304 e. The Morgan fingerprint density at radius 2 is 1.15 bits per heavy atom. The number of halogens is 1. The summed E-state index contributed by atoms with van der Waals surface area (Å²) in [6.07, 6.45) is 23.5. The number of hydrogen-bond donors (Lipinski definition) is 2. The zero-order valence-corrected chi connectivity index (χ0v) is 32.6. The van der Waals surface area contributed by atoms with E-state index in [1.54, 1.807) is 28.5 Å². The van der Waals surface area contributed by atoms with E-state index in [-0.39, 0.29) is 0 Å². The van der Waals surface area contributed by atoms with Crippen molar-refractivity contribution in [1.29, 1.82) is 31.6 Å². The number of nitriles is 6. The fourth-order valence-electron chi connectivity index (χ4n) is 5.42. The molecule has 4 aliphatic rings. The lowest BCUT2D eigenvalue weighted by Crippen LogP contribution is -2.51. The molecule has 4 saturated heterocycles. The topological polar surface area (TPSA) is 186 Å². The minimum atomic E-state index is -0.818. The van der Waals surface area contributed by atoms with Crippen molar-refractivity contribution in [3.63, 3.8) is 0 Å². The molecule has 4 aliphatic heterocycles. The number of hydrogen-bond acceptors (Lipinski definition) is 14. The molecule has 4 fully saturated rings. The van der Waals surface area contributed by atoms with Crippen LogP contribution in [0.15, 0.2) is 0 Å². The second kappa shape index (κ2) is 37.1. The molecule has 2 unspecified atom stereocenters. The Hall–Kier alpha value is -5.21. The summed E-state index contributed by atoms with van der Waals surface area (Å²) in [7, 11) is 0. The molecule has 0 amide bonds. The largest absolute Gasteiger partial charge is 0.304 e. The molecule has 0 spiro atoms. The van der Waals surface area contributed by atoms with Crippen LogP contribution in [0.4, 0.5) is 4.39 Å². The van der Waals surface area contributed by atoms with Crippen molar-refractivity contribution >= 4 is 0 Å². The molecular weight excluding hydrogens is 696 g/mol. The van der Waals surface area contributed by atoms with Gasteiger partial charge in [-0.1, -0.05) is 5.92 Å². The Kier molecular flexibility index (Phi) is 35.0. The van der Waals surface area contributed by atoms with E-state index in [2.05, 4.69) is 74.0 Å². The van der Waals surface area contributed by atoms with Gasteiger partial charge in [0, 0.05) is 85.1 Å². The predicted molar refractivity (Wildman–Crippen MR) is 211 cm³/mol.